The number of aldehydes is 1. The number of nitrogens with one attached hydrogen (secondary N) is 1. The van der Waals surface area contributed by atoms with E-state index in [0.717, 1.165) is 17.5 Å². The van der Waals surface area contributed by atoms with Crippen molar-refractivity contribution in [1.82, 2.24) is 0 Å². The number of carbonyl (C=O) groups is 1. The van der Waals surface area contributed by atoms with Gasteiger partial charge in [-0.05, 0) is 6.07 Å². The molecular formula is C9H8N2O. The Morgan fingerprint density at radius 3 is 3.08 bits per heavy atom. The van der Waals surface area contributed by atoms with Gasteiger partial charge in [0.1, 0.15) is 0 Å². The predicted octanol–water partition coefficient (Wildman–Crippen LogP) is 1.06. The van der Waals surface area contributed by atoms with Crippen LogP contribution in [0.4, 0.5) is 5.69 Å². The van der Waals surface area contributed by atoms with Crippen molar-refractivity contribution in [3.05, 3.63) is 29.8 Å². The Morgan fingerprint density at radius 2 is 2.25 bits per heavy atom. The van der Waals surface area contributed by atoms with Gasteiger partial charge in [0.25, 0.3) is 0 Å². The lowest BCUT2D eigenvalue weighted by Gasteiger charge is -2.16. The van der Waals surface area contributed by atoms with E-state index >= 15 is 0 Å². The maximum Gasteiger partial charge on any atom is 0.175 e. The van der Waals surface area contributed by atoms with Crippen LogP contribution in [0.25, 0.3) is 0 Å². The van der Waals surface area contributed by atoms with Crippen LogP contribution in [0.1, 0.15) is 5.56 Å². The third-order valence-corrected chi connectivity index (χ3v) is 1.77. The molecule has 1 N–H and O–H groups in total. The summed E-state index contributed by atoms with van der Waals surface area (Å²) >= 11 is 0. The Morgan fingerprint density at radius 1 is 1.42 bits per heavy atom. The summed E-state index contributed by atoms with van der Waals surface area (Å²) in [5.74, 6) is 0. The first kappa shape index (κ1) is 7.03. The highest BCUT2D eigenvalue weighted by Gasteiger charge is 2.10. The molecule has 0 amide bonds. The van der Waals surface area contributed by atoms with Gasteiger partial charge in [-0.15, -0.1) is 0 Å². The van der Waals surface area contributed by atoms with E-state index in [1.165, 1.54) is 0 Å². The Labute approximate surface area is 70.1 Å². The van der Waals surface area contributed by atoms with Crippen molar-refractivity contribution in [2.75, 3.05) is 5.32 Å². The molecule has 12 heavy (non-hydrogen) atoms. The molecule has 0 saturated carbocycles. The van der Waals surface area contributed by atoms with Crippen LogP contribution in [-0.4, -0.2) is 18.7 Å². The number of anilines is 1. The second-order valence-corrected chi connectivity index (χ2v) is 2.59. The molecule has 0 aliphatic carbocycles. The molecule has 1 unspecified atom stereocenters. The zero-order valence-electron chi connectivity index (χ0n) is 6.40. The molecule has 2 rings (SSSR count). The zero-order valence-corrected chi connectivity index (χ0v) is 6.40. The second kappa shape index (κ2) is 2.77. The minimum absolute atomic E-state index is 0.417. The van der Waals surface area contributed by atoms with Gasteiger partial charge in [0.05, 0.1) is 0 Å². The van der Waals surface area contributed by atoms with E-state index in [0.29, 0.717) is 0 Å². The minimum atomic E-state index is -0.417. The van der Waals surface area contributed by atoms with Crippen molar-refractivity contribution in [1.29, 1.82) is 0 Å². The molecule has 0 fully saturated rings. The van der Waals surface area contributed by atoms with Crippen LogP contribution in [0.15, 0.2) is 29.3 Å². The molecule has 1 aliphatic heterocycles. The maximum absolute atomic E-state index is 10.4. The largest absolute Gasteiger partial charge is 0.357 e. The van der Waals surface area contributed by atoms with E-state index in [9.17, 15) is 4.79 Å². The molecule has 1 aromatic carbocycles. The molecule has 1 heterocycles. The standard InChI is InChI=1S/C9H8N2O/c12-6-9-10-5-7-3-1-2-4-8(7)11-9/h1-6,9,11H. The van der Waals surface area contributed by atoms with Crippen molar-refractivity contribution in [2.45, 2.75) is 6.17 Å². The molecule has 3 nitrogen and oxygen atoms in total. The average Bonchev–Trinajstić information content (AvgIpc) is 2.17. The summed E-state index contributed by atoms with van der Waals surface area (Å²) in [4.78, 5) is 14.4. The summed E-state index contributed by atoms with van der Waals surface area (Å²) < 4.78 is 0. The predicted molar refractivity (Wildman–Crippen MR) is 47.5 cm³/mol. The summed E-state index contributed by atoms with van der Waals surface area (Å²) in [6.07, 6.45) is 2.08. The molecule has 1 aliphatic rings. The quantitative estimate of drug-likeness (QED) is 0.624. The molecule has 1 atom stereocenters. The summed E-state index contributed by atoms with van der Waals surface area (Å²) in [6.45, 7) is 0. The third kappa shape index (κ3) is 1.09. The number of hydrogen-bond acceptors (Lipinski definition) is 3. The highest BCUT2D eigenvalue weighted by molar-refractivity contribution is 5.91. The molecule has 0 spiro atoms. The summed E-state index contributed by atoms with van der Waals surface area (Å²) in [5, 5.41) is 2.98. The van der Waals surface area contributed by atoms with Crippen LogP contribution < -0.4 is 5.32 Å². The lowest BCUT2D eigenvalue weighted by atomic mass is 10.1. The van der Waals surface area contributed by atoms with Gasteiger partial charge >= 0.3 is 0 Å². The number of para-hydroxylation sites is 1. The van der Waals surface area contributed by atoms with Crippen molar-refractivity contribution in [3.63, 3.8) is 0 Å². The van der Waals surface area contributed by atoms with Crippen LogP contribution in [0.5, 0.6) is 0 Å². The van der Waals surface area contributed by atoms with Crippen LogP contribution in [0.2, 0.25) is 0 Å². The molecule has 1 aromatic rings. The number of hydrogen-bond donors (Lipinski definition) is 1. The third-order valence-electron chi connectivity index (χ3n) is 1.77. The highest BCUT2D eigenvalue weighted by atomic mass is 16.1. The summed E-state index contributed by atoms with van der Waals surface area (Å²) in [5.41, 5.74) is 1.99. The van der Waals surface area contributed by atoms with Crippen molar-refractivity contribution in [3.8, 4) is 0 Å². The van der Waals surface area contributed by atoms with Gasteiger partial charge in [0.15, 0.2) is 12.5 Å². The van der Waals surface area contributed by atoms with Gasteiger partial charge in [0.2, 0.25) is 0 Å². The molecule has 0 radical (unpaired) electrons. The zero-order chi connectivity index (χ0) is 8.39. The Bertz CT molecular complexity index is 333. The van der Waals surface area contributed by atoms with Gasteiger partial charge in [0, 0.05) is 17.5 Å². The smallest absolute Gasteiger partial charge is 0.175 e. The fourth-order valence-electron chi connectivity index (χ4n) is 1.17. The molecule has 3 heteroatoms. The number of benzene rings is 1. The minimum Gasteiger partial charge on any atom is -0.357 e. The molecule has 0 aromatic heterocycles. The lowest BCUT2D eigenvalue weighted by molar-refractivity contribution is -0.108. The average molecular weight is 160 g/mol. The Hall–Kier alpha value is -1.64. The normalized spacial score (nSPS) is 19.5. The Balaban J connectivity index is 2.39. The fraction of sp³-hybridized carbons (Fsp3) is 0.111. The first-order valence-electron chi connectivity index (χ1n) is 3.74. The number of carbonyl (C=O) groups excluding carboxylic acids is 1. The van der Waals surface area contributed by atoms with Gasteiger partial charge < -0.3 is 5.32 Å². The van der Waals surface area contributed by atoms with E-state index in [4.69, 9.17) is 0 Å². The topological polar surface area (TPSA) is 41.5 Å². The highest BCUT2D eigenvalue weighted by Crippen LogP contribution is 2.17. The van der Waals surface area contributed by atoms with Gasteiger partial charge in [-0.2, -0.15) is 0 Å². The first-order valence-corrected chi connectivity index (χ1v) is 3.74. The SMILES string of the molecule is O=CC1N=Cc2ccccc2N1. The van der Waals surface area contributed by atoms with E-state index in [1.807, 2.05) is 24.3 Å². The number of nitrogens with zero attached hydrogens (tertiary/aromatic N) is 1. The summed E-state index contributed by atoms with van der Waals surface area (Å²) in [6, 6.07) is 7.74. The lowest BCUT2D eigenvalue weighted by Crippen LogP contribution is -2.22. The molecule has 0 bridgehead atoms. The van der Waals surface area contributed by atoms with Crippen LogP contribution >= 0.6 is 0 Å². The first-order chi connectivity index (χ1) is 5.90. The Kier molecular flexibility index (Phi) is 1.63. The van der Waals surface area contributed by atoms with Crippen molar-refractivity contribution < 1.29 is 4.79 Å². The maximum atomic E-state index is 10.4. The molecular weight excluding hydrogens is 152 g/mol. The number of fused-ring (bicyclic) bond motifs is 1. The summed E-state index contributed by atoms with van der Waals surface area (Å²) in [7, 11) is 0. The molecule has 60 valence electrons. The van der Waals surface area contributed by atoms with E-state index < -0.39 is 6.17 Å². The number of aliphatic imine (C=N–C) groups is 1. The van der Waals surface area contributed by atoms with E-state index in [-0.39, 0.29) is 0 Å². The van der Waals surface area contributed by atoms with Gasteiger partial charge in [-0.1, -0.05) is 18.2 Å². The van der Waals surface area contributed by atoms with Gasteiger partial charge in [-0.25, -0.2) is 0 Å². The van der Waals surface area contributed by atoms with E-state index in [2.05, 4.69) is 10.3 Å². The fourth-order valence-corrected chi connectivity index (χ4v) is 1.17. The van der Waals surface area contributed by atoms with E-state index in [1.54, 1.807) is 6.21 Å². The van der Waals surface area contributed by atoms with Gasteiger partial charge in [-0.3, -0.25) is 9.79 Å². The molecule has 0 saturated heterocycles. The van der Waals surface area contributed by atoms with Crippen molar-refractivity contribution in [2.24, 2.45) is 4.99 Å². The number of rotatable bonds is 1. The van der Waals surface area contributed by atoms with Crippen LogP contribution in [0, 0.1) is 0 Å². The van der Waals surface area contributed by atoms with Crippen LogP contribution in [-0.2, 0) is 4.79 Å². The van der Waals surface area contributed by atoms with Crippen LogP contribution in [0.3, 0.4) is 0 Å². The van der Waals surface area contributed by atoms with Crippen molar-refractivity contribution >= 4 is 18.2 Å². The second-order valence-electron chi connectivity index (χ2n) is 2.59. The monoisotopic (exact) mass is 160 g/mol.